The molecule has 0 aliphatic rings. The molecule has 10 heteroatoms. The van der Waals surface area contributed by atoms with Gasteiger partial charge in [-0.2, -0.15) is 0 Å². The van der Waals surface area contributed by atoms with Gasteiger partial charge in [-0.25, -0.2) is 13.1 Å². The first-order valence-corrected chi connectivity index (χ1v) is 12.9. The minimum Gasteiger partial charge on any atom is -0.316 e. The summed E-state index contributed by atoms with van der Waals surface area (Å²) >= 11 is 6.25. The molecule has 1 amide bonds. The van der Waals surface area contributed by atoms with Crippen molar-refractivity contribution in [3.63, 3.8) is 0 Å². The lowest BCUT2D eigenvalue weighted by atomic mass is 10.1. The predicted molar refractivity (Wildman–Crippen MR) is 142 cm³/mol. The molecule has 0 atom stereocenters. The largest absolute Gasteiger partial charge is 0.316 e. The van der Waals surface area contributed by atoms with E-state index in [1.165, 1.54) is 22.9 Å². The Kier molecular flexibility index (Phi) is 6.79. The Hall–Kier alpha value is -3.82. The zero-order valence-corrected chi connectivity index (χ0v) is 21.7. The Morgan fingerprint density at radius 3 is 2.28 bits per heavy atom. The van der Waals surface area contributed by atoms with Crippen LogP contribution in [0.2, 0.25) is 5.02 Å². The fourth-order valence-electron chi connectivity index (χ4n) is 3.76. The van der Waals surface area contributed by atoms with E-state index in [4.69, 9.17) is 11.6 Å². The molecule has 1 aromatic heterocycles. The number of carbonyl (C=O) groups excluding carboxylic acids is 1. The zero-order valence-electron chi connectivity index (χ0n) is 20.2. The average molecular weight is 525 g/mol. The Labute approximate surface area is 214 Å². The van der Waals surface area contributed by atoms with E-state index >= 15 is 0 Å². The highest BCUT2D eigenvalue weighted by Crippen LogP contribution is 2.25. The van der Waals surface area contributed by atoms with Gasteiger partial charge >= 0.3 is 0 Å². The van der Waals surface area contributed by atoms with Crippen LogP contribution in [0.1, 0.15) is 27.2 Å². The summed E-state index contributed by atoms with van der Waals surface area (Å²) in [5, 5.41) is 2.67. The smallest absolute Gasteiger partial charge is 0.295 e. The third-order valence-electron chi connectivity index (χ3n) is 6.04. The maximum atomic E-state index is 13.1. The summed E-state index contributed by atoms with van der Waals surface area (Å²) < 4.78 is 31.6. The molecule has 36 heavy (non-hydrogen) atoms. The first kappa shape index (κ1) is 25.3. The highest BCUT2D eigenvalue weighted by atomic mass is 35.5. The molecule has 4 rings (SSSR count). The Morgan fingerprint density at radius 1 is 0.917 bits per heavy atom. The molecule has 0 aliphatic heterocycles. The summed E-state index contributed by atoms with van der Waals surface area (Å²) in [6, 6.07) is 18.1. The lowest BCUT2D eigenvalue weighted by Crippen LogP contribution is -2.23. The quantitative estimate of drug-likeness (QED) is 0.378. The number of nitrogens with zero attached hydrogens (tertiary/aromatic N) is 2. The van der Waals surface area contributed by atoms with E-state index in [0.29, 0.717) is 17.1 Å². The van der Waals surface area contributed by atoms with Crippen molar-refractivity contribution in [2.45, 2.75) is 25.7 Å². The van der Waals surface area contributed by atoms with E-state index in [1.807, 2.05) is 26.0 Å². The van der Waals surface area contributed by atoms with Crippen LogP contribution >= 0.6 is 11.6 Å². The van der Waals surface area contributed by atoms with Gasteiger partial charge in [-0.15, -0.1) is 0 Å². The second kappa shape index (κ2) is 9.67. The van der Waals surface area contributed by atoms with Gasteiger partial charge in [-0.05, 0) is 74.4 Å². The molecule has 0 unspecified atom stereocenters. The van der Waals surface area contributed by atoms with Gasteiger partial charge in [0.25, 0.3) is 21.5 Å². The topological polar surface area (TPSA) is 102 Å². The molecule has 1 heterocycles. The van der Waals surface area contributed by atoms with Gasteiger partial charge in [0.2, 0.25) is 0 Å². The normalized spacial score (nSPS) is 11.4. The zero-order chi connectivity index (χ0) is 26.2. The van der Waals surface area contributed by atoms with E-state index in [1.54, 1.807) is 55.1 Å². The second-order valence-electron chi connectivity index (χ2n) is 8.44. The second-order valence-corrected chi connectivity index (χ2v) is 10.5. The van der Waals surface area contributed by atoms with Crippen LogP contribution in [0.4, 0.5) is 11.4 Å². The summed E-state index contributed by atoms with van der Waals surface area (Å²) in [6.07, 6.45) is 0. The number of sulfonamides is 1. The molecule has 0 fully saturated rings. The lowest BCUT2D eigenvalue weighted by molar-refractivity contribution is 0.102. The number of hydrogen-bond donors (Lipinski definition) is 2. The van der Waals surface area contributed by atoms with Crippen molar-refractivity contribution in [1.29, 1.82) is 0 Å². The SMILES string of the molecule is Cc1ccc(NS(=O)(=O)c2ccc(Cl)c(C(=O)Nc3c(C)n(C)n(-c4ccccc4)c3=O)c2)cc1C. The van der Waals surface area contributed by atoms with E-state index < -0.39 is 21.5 Å². The van der Waals surface area contributed by atoms with Crippen molar-refractivity contribution >= 4 is 38.9 Å². The summed E-state index contributed by atoms with van der Waals surface area (Å²) in [5.41, 5.74) is 3.10. The fourth-order valence-corrected chi connectivity index (χ4v) is 5.04. The first-order chi connectivity index (χ1) is 17.0. The van der Waals surface area contributed by atoms with Gasteiger partial charge in [0.05, 0.1) is 26.9 Å². The molecule has 0 saturated carbocycles. The van der Waals surface area contributed by atoms with Gasteiger partial charge in [0.15, 0.2) is 0 Å². The van der Waals surface area contributed by atoms with Crippen molar-refractivity contribution in [3.05, 3.63) is 104 Å². The number of nitrogens with one attached hydrogen (secondary N) is 2. The number of amides is 1. The van der Waals surface area contributed by atoms with Crippen molar-refractivity contribution in [2.24, 2.45) is 7.05 Å². The lowest BCUT2D eigenvalue weighted by Gasteiger charge is -2.12. The number of rotatable bonds is 6. The standard InChI is InChI=1S/C26H25ClN4O4S/c1-16-10-11-19(14-17(16)2)29-36(34,35)21-12-13-23(27)22(15-21)25(32)28-24-18(3)30(4)31(26(24)33)20-8-6-5-7-9-20/h5-15,29H,1-4H3,(H,28,32). The maximum absolute atomic E-state index is 13.1. The molecule has 2 N–H and O–H groups in total. The number of halogens is 1. The molecular weight excluding hydrogens is 500 g/mol. The summed E-state index contributed by atoms with van der Waals surface area (Å²) in [7, 11) is -2.30. The number of carbonyl (C=O) groups is 1. The highest BCUT2D eigenvalue weighted by Gasteiger charge is 2.22. The fraction of sp³-hybridized carbons (Fsp3) is 0.154. The van der Waals surface area contributed by atoms with Gasteiger partial charge in [-0.1, -0.05) is 35.9 Å². The molecule has 186 valence electrons. The van der Waals surface area contributed by atoms with Crippen molar-refractivity contribution < 1.29 is 13.2 Å². The van der Waals surface area contributed by atoms with Crippen LogP contribution in [0.3, 0.4) is 0 Å². The molecule has 0 bridgehead atoms. The first-order valence-electron chi connectivity index (χ1n) is 11.0. The molecule has 8 nitrogen and oxygen atoms in total. The third kappa shape index (κ3) is 4.80. The van der Waals surface area contributed by atoms with Gasteiger partial charge in [0, 0.05) is 12.7 Å². The van der Waals surface area contributed by atoms with Crippen LogP contribution in [0.25, 0.3) is 5.69 Å². The maximum Gasteiger partial charge on any atom is 0.295 e. The van der Waals surface area contributed by atoms with Gasteiger partial charge in [0.1, 0.15) is 5.69 Å². The highest BCUT2D eigenvalue weighted by molar-refractivity contribution is 7.92. The molecule has 0 aliphatic carbocycles. The number of para-hydroxylation sites is 1. The van der Waals surface area contributed by atoms with Crippen LogP contribution in [-0.2, 0) is 17.1 Å². The predicted octanol–water partition coefficient (Wildman–Crippen LogP) is 4.81. The Morgan fingerprint density at radius 2 is 1.61 bits per heavy atom. The monoisotopic (exact) mass is 524 g/mol. The average Bonchev–Trinajstić information content (AvgIpc) is 3.04. The number of aryl methyl sites for hydroxylation is 2. The number of hydrogen-bond acceptors (Lipinski definition) is 4. The number of benzene rings is 3. The van der Waals surface area contributed by atoms with Crippen molar-refractivity contribution in [2.75, 3.05) is 10.0 Å². The summed E-state index contributed by atoms with van der Waals surface area (Å²) in [6.45, 7) is 5.52. The molecule has 4 aromatic rings. The van der Waals surface area contributed by atoms with Gasteiger partial charge < -0.3 is 5.32 Å². The molecule has 0 saturated heterocycles. The van der Waals surface area contributed by atoms with Crippen LogP contribution in [-0.4, -0.2) is 23.7 Å². The van der Waals surface area contributed by atoms with Crippen LogP contribution in [0.15, 0.2) is 76.4 Å². The van der Waals surface area contributed by atoms with Crippen LogP contribution in [0, 0.1) is 20.8 Å². The Balaban J connectivity index is 1.66. The third-order valence-corrected chi connectivity index (χ3v) is 7.75. The molecule has 0 spiro atoms. The van der Waals surface area contributed by atoms with Gasteiger partial charge in [-0.3, -0.25) is 19.0 Å². The summed E-state index contributed by atoms with van der Waals surface area (Å²) in [5.74, 6) is -0.700. The Bertz CT molecular complexity index is 1640. The summed E-state index contributed by atoms with van der Waals surface area (Å²) in [4.78, 5) is 26.1. The molecule has 3 aromatic carbocycles. The molecule has 0 radical (unpaired) electrons. The van der Waals surface area contributed by atoms with E-state index in [-0.39, 0.29) is 21.2 Å². The number of aromatic nitrogens is 2. The van der Waals surface area contributed by atoms with E-state index in [9.17, 15) is 18.0 Å². The van der Waals surface area contributed by atoms with Crippen LogP contribution in [0.5, 0.6) is 0 Å². The van der Waals surface area contributed by atoms with Crippen molar-refractivity contribution in [3.8, 4) is 5.69 Å². The minimum atomic E-state index is -4.00. The van der Waals surface area contributed by atoms with E-state index in [0.717, 1.165) is 11.1 Å². The molecular formula is C26H25ClN4O4S. The van der Waals surface area contributed by atoms with Crippen molar-refractivity contribution in [1.82, 2.24) is 9.36 Å². The minimum absolute atomic E-state index is 0.0506. The van der Waals surface area contributed by atoms with E-state index in [2.05, 4.69) is 10.0 Å². The number of anilines is 2. The van der Waals surface area contributed by atoms with Crippen LogP contribution < -0.4 is 15.6 Å².